The lowest BCUT2D eigenvalue weighted by Gasteiger charge is -2.24. The largest absolute Gasteiger partial charge is 0.466 e. The molecule has 1 heterocycles. The van der Waals surface area contributed by atoms with Crippen LogP contribution in [-0.4, -0.2) is 24.0 Å². The summed E-state index contributed by atoms with van der Waals surface area (Å²) in [6, 6.07) is 0. The predicted molar refractivity (Wildman–Crippen MR) is 47.0 cm³/mol. The van der Waals surface area contributed by atoms with Gasteiger partial charge in [0.25, 0.3) is 0 Å². The first-order valence-corrected chi connectivity index (χ1v) is 4.45. The maximum atomic E-state index is 11.4. The number of carbonyl (C=O) groups excluding carboxylic acids is 2. The number of hydrogen-bond donors (Lipinski definition) is 1. The van der Waals surface area contributed by atoms with Crippen molar-refractivity contribution in [3.63, 3.8) is 0 Å². The van der Waals surface area contributed by atoms with Gasteiger partial charge in [-0.2, -0.15) is 0 Å². The third-order valence-corrected chi connectivity index (χ3v) is 2.29. The zero-order valence-electron chi connectivity index (χ0n) is 8.22. The molecule has 1 aliphatic rings. The Balaban J connectivity index is 2.69. The molecule has 0 saturated carbocycles. The second-order valence-electron chi connectivity index (χ2n) is 3.78. The van der Waals surface area contributed by atoms with E-state index in [1.54, 1.807) is 6.92 Å². The summed E-state index contributed by atoms with van der Waals surface area (Å²) in [4.78, 5) is 22.5. The Hall–Kier alpha value is -1.06. The van der Waals surface area contributed by atoms with E-state index in [9.17, 15) is 9.59 Å². The Morgan fingerprint density at radius 1 is 1.69 bits per heavy atom. The van der Waals surface area contributed by atoms with Gasteiger partial charge >= 0.3 is 5.97 Å². The molecule has 74 valence electrons. The maximum absolute atomic E-state index is 11.4. The zero-order valence-corrected chi connectivity index (χ0v) is 8.22. The molecule has 1 aliphatic heterocycles. The minimum absolute atomic E-state index is 0.0805. The quantitative estimate of drug-likeness (QED) is 0.636. The molecule has 0 aromatic heterocycles. The minimum atomic E-state index is -0.469. The number of carbonyl (C=O) groups is 2. The fraction of sp³-hybridized carbons (Fsp3) is 0.778. The predicted octanol–water partition coefficient (Wildman–Crippen LogP) is 0.464. The summed E-state index contributed by atoms with van der Waals surface area (Å²) in [5.41, 5.74) is -0.469. The molecule has 1 atom stereocenters. The van der Waals surface area contributed by atoms with Gasteiger partial charge < -0.3 is 10.1 Å². The van der Waals surface area contributed by atoms with Crippen molar-refractivity contribution in [3.05, 3.63) is 0 Å². The summed E-state index contributed by atoms with van der Waals surface area (Å²) >= 11 is 0. The smallest absolute Gasteiger partial charge is 0.311 e. The normalized spacial score (nSPS) is 25.5. The Bertz CT molecular complexity index is 235. The number of hydrogen-bond acceptors (Lipinski definition) is 3. The molecule has 1 amide bonds. The van der Waals surface area contributed by atoms with E-state index in [0.717, 1.165) is 0 Å². The first-order chi connectivity index (χ1) is 5.97. The van der Waals surface area contributed by atoms with Gasteiger partial charge in [-0.15, -0.1) is 0 Å². The van der Waals surface area contributed by atoms with E-state index in [-0.39, 0.29) is 24.2 Å². The van der Waals surface area contributed by atoms with E-state index >= 15 is 0 Å². The minimum Gasteiger partial charge on any atom is -0.466 e. The molecular weight excluding hydrogens is 170 g/mol. The van der Waals surface area contributed by atoms with E-state index in [4.69, 9.17) is 4.74 Å². The van der Waals surface area contributed by atoms with Crippen LogP contribution in [-0.2, 0) is 14.3 Å². The average Bonchev–Trinajstić information content (AvgIpc) is 2.24. The first-order valence-electron chi connectivity index (χ1n) is 4.45. The van der Waals surface area contributed by atoms with E-state index in [2.05, 4.69) is 5.32 Å². The number of ether oxygens (including phenoxy) is 1. The third-order valence-electron chi connectivity index (χ3n) is 2.29. The van der Waals surface area contributed by atoms with Crippen molar-refractivity contribution in [2.45, 2.75) is 32.7 Å². The molecule has 0 spiro atoms. The van der Waals surface area contributed by atoms with Gasteiger partial charge in [0.15, 0.2) is 0 Å². The van der Waals surface area contributed by atoms with E-state index < -0.39 is 5.54 Å². The van der Waals surface area contributed by atoms with Crippen LogP contribution in [0.1, 0.15) is 27.2 Å². The highest BCUT2D eigenvalue weighted by Gasteiger charge is 2.44. The molecular formula is C9H15NO3. The molecule has 4 heteroatoms. The van der Waals surface area contributed by atoms with Gasteiger partial charge in [-0.25, -0.2) is 0 Å². The average molecular weight is 185 g/mol. The Morgan fingerprint density at radius 2 is 2.31 bits per heavy atom. The first kappa shape index (κ1) is 10.0. The highest BCUT2D eigenvalue weighted by atomic mass is 16.5. The van der Waals surface area contributed by atoms with E-state index in [1.807, 2.05) is 13.8 Å². The second-order valence-corrected chi connectivity index (χ2v) is 3.78. The van der Waals surface area contributed by atoms with Crippen LogP contribution in [0.5, 0.6) is 0 Å². The van der Waals surface area contributed by atoms with Crippen LogP contribution in [0.3, 0.4) is 0 Å². The van der Waals surface area contributed by atoms with Crippen LogP contribution in [0, 0.1) is 5.92 Å². The lowest BCUT2D eigenvalue weighted by Crippen LogP contribution is -2.42. The van der Waals surface area contributed by atoms with Crippen LogP contribution in [0.15, 0.2) is 0 Å². The van der Waals surface area contributed by atoms with Crippen molar-refractivity contribution in [2.75, 3.05) is 6.61 Å². The van der Waals surface area contributed by atoms with Crippen molar-refractivity contribution >= 4 is 11.9 Å². The van der Waals surface area contributed by atoms with Crippen molar-refractivity contribution < 1.29 is 14.3 Å². The van der Waals surface area contributed by atoms with Crippen LogP contribution >= 0.6 is 0 Å². The highest BCUT2D eigenvalue weighted by Crippen LogP contribution is 2.27. The number of rotatable bonds is 2. The number of esters is 1. The number of nitrogens with one attached hydrogen (secondary N) is 1. The summed E-state index contributed by atoms with van der Waals surface area (Å²) in [5, 5.41) is 2.74. The van der Waals surface area contributed by atoms with Crippen molar-refractivity contribution in [3.8, 4) is 0 Å². The molecule has 1 unspecified atom stereocenters. The fourth-order valence-corrected chi connectivity index (χ4v) is 1.56. The molecule has 0 aliphatic carbocycles. The molecule has 13 heavy (non-hydrogen) atoms. The molecule has 4 nitrogen and oxygen atoms in total. The summed E-state index contributed by atoms with van der Waals surface area (Å²) in [7, 11) is 0. The summed E-state index contributed by atoms with van der Waals surface area (Å²) in [6.45, 7) is 5.79. The summed E-state index contributed by atoms with van der Waals surface area (Å²) in [5.74, 6) is -0.714. The van der Waals surface area contributed by atoms with Gasteiger partial charge in [-0.05, 0) is 20.8 Å². The van der Waals surface area contributed by atoms with Gasteiger partial charge in [0, 0.05) is 12.0 Å². The van der Waals surface area contributed by atoms with Crippen molar-refractivity contribution in [1.82, 2.24) is 5.32 Å². The van der Waals surface area contributed by atoms with Crippen molar-refractivity contribution in [1.29, 1.82) is 0 Å². The van der Waals surface area contributed by atoms with E-state index in [1.165, 1.54) is 0 Å². The molecule has 1 rings (SSSR count). The lowest BCUT2D eigenvalue weighted by molar-refractivity contribution is -0.149. The molecule has 0 radical (unpaired) electrons. The van der Waals surface area contributed by atoms with Gasteiger partial charge in [0.1, 0.15) is 0 Å². The van der Waals surface area contributed by atoms with Crippen LogP contribution in [0.2, 0.25) is 0 Å². The maximum Gasteiger partial charge on any atom is 0.311 e. The molecule has 0 aromatic rings. The summed E-state index contributed by atoms with van der Waals surface area (Å²) < 4.78 is 4.88. The SMILES string of the molecule is CCOC(=O)C1CC(=O)NC1(C)C. The second kappa shape index (κ2) is 3.36. The van der Waals surface area contributed by atoms with Crippen LogP contribution in [0.25, 0.3) is 0 Å². The standard InChI is InChI=1S/C9H15NO3/c1-4-13-8(12)6-5-7(11)10-9(6,2)3/h6H,4-5H2,1-3H3,(H,10,11). The monoisotopic (exact) mass is 185 g/mol. The Kier molecular flexibility index (Phi) is 2.59. The third kappa shape index (κ3) is 1.99. The van der Waals surface area contributed by atoms with Gasteiger partial charge in [-0.3, -0.25) is 9.59 Å². The van der Waals surface area contributed by atoms with Gasteiger partial charge in [0.05, 0.1) is 12.5 Å². The van der Waals surface area contributed by atoms with Crippen LogP contribution < -0.4 is 5.32 Å². The van der Waals surface area contributed by atoms with Crippen LogP contribution in [0.4, 0.5) is 0 Å². The molecule has 1 saturated heterocycles. The topological polar surface area (TPSA) is 55.4 Å². The Morgan fingerprint density at radius 3 is 2.69 bits per heavy atom. The summed E-state index contributed by atoms with van der Waals surface area (Å²) in [6.07, 6.45) is 0.242. The molecule has 1 fully saturated rings. The van der Waals surface area contributed by atoms with Gasteiger partial charge in [0.2, 0.25) is 5.91 Å². The fourth-order valence-electron chi connectivity index (χ4n) is 1.56. The molecule has 0 bridgehead atoms. The lowest BCUT2D eigenvalue weighted by atomic mass is 9.89. The Labute approximate surface area is 77.6 Å². The molecule has 0 aromatic carbocycles. The molecule has 1 N–H and O–H groups in total. The highest BCUT2D eigenvalue weighted by molar-refractivity contribution is 5.88. The zero-order chi connectivity index (χ0) is 10.1. The van der Waals surface area contributed by atoms with E-state index in [0.29, 0.717) is 6.61 Å². The van der Waals surface area contributed by atoms with Gasteiger partial charge in [-0.1, -0.05) is 0 Å². The number of amides is 1. The van der Waals surface area contributed by atoms with Crippen molar-refractivity contribution in [2.24, 2.45) is 5.92 Å².